The number of hydrogen-bond donors (Lipinski definition) is 2. The Morgan fingerprint density at radius 3 is 2.65 bits per heavy atom. The topological polar surface area (TPSA) is 86.5 Å². The third-order valence-electron chi connectivity index (χ3n) is 3.95. The minimum Gasteiger partial charge on any atom is -0.352 e. The van der Waals surface area contributed by atoms with Crippen molar-refractivity contribution < 1.29 is 0 Å². The molecule has 2 aromatic heterocycles. The number of nitrogens with zero attached hydrogens (tertiary/aromatic N) is 4. The van der Waals surface area contributed by atoms with Gasteiger partial charge in [-0.1, -0.05) is 13.0 Å². The molecule has 0 aliphatic heterocycles. The van der Waals surface area contributed by atoms with Crippen LogP contribution in [0.3, 0.4) is 0 Å². The van der Waals surface area contributed by atoms with Gasteiger partial charge in [0, 0.05) is 35.8 Å². The maximum atomic E-state index is 9.07. The summed E-state index contributed by atoms with van der Waals surface area (Å²) in [5.41, 5.74) is 3.16. The molecule has 0 aliphatic rings. The number of aromatic nitrogens is 3. The van der Waals surface area contributed by atoms with E-state index >= 15 is 0 Å². The summed E-state index contributed by atoms with van der Waals surface area (Å²) in [4.78, 5) is 13.2. The smallest absolute Gasteiger partial charge is 0.225 e. The lowest BCUT2D eigenvalue weighted by Crippen LogP contribution is -2.16. The van der Waals surface area contributed by atoms with E-state index in [-0.39, 0.29) is 6.04 Å². The monoisotopic (exact) mass is 344 g/mol. The molecule has 1 atom stereocenters. The van der Waals surface area contributed by atoms with E-state index in [1.807, 2.05) is 30.3 Å². The van der Waals surface area contributed by atoms with Gasteiger partial charge in [-0.25, -0.2) is 4.98 Å². The number of nitrogens with one attached hydrogen (secondary N) is 2. The lowest BCUT2D eigenvalue weighted by Gasteiger charge is -2.14. The van der Waals surface area contributed by atoms with Crippen molar-refractivity contribution in [2.24, 2.45) is 0 Å². The Morgan fingerprint density at radius 1 is 1.12 bits per heavy atom. The van der Waals surface area contributed by atoms with Gasteiger partial charge in [-0.05, 0) is 43.7 Å². The van der Waals surface area contributed by atoms with Crippen LogP contribution < -0.4 is 10.6 Å². The Kier molecular flexibility index (Phi) is 5.40. The highest BCUT2D eigenvalue weighted by atomic mass is 15.2. The zero-order chi connectivity index (χ0) is 18.4. The van der Waals surface area contributed by atoms with Gasteiger partial charge in [-0.2, -0.15) is 10.2 Å². The van der Waals surface area contributed by atoms with Crippen molar-refractivity contribution in [2.75, 3.05) is 10.6 Å². The molecule has 0 unspecified atom stereocenters. The Morgan fingerprint density at radius 2 is 1.92 bits per heavy atom. The number of nitriles is 1. The van der Waals surface area contributed by atoms with Gasteiger partial charge < -0.3 is 10.6 Å². The number of hydrogen-bond acceptors (Lipinski definition) is 6. The minimum absolute atomic E-state index is 0.262. The first-order valence-corrected chi connectivity index (χ1v) is 8.51. The summed E-state index contributed by atoms with van der Waals surface area (Å²) >= 11 is 0. The number of rotatable bonds is 6. The molecule has 0 bridgehead atoms. The molecule has 1 aromatic carbocycles. The summed E-state index contributed by atoms with van der Waals surface area (Å²) in [5.74, 6) is 1.22. The Hall–Kier alpha value is -3.46. The van der Waals surface area contributed by atoms with Crippen molar-refractivity contribution in [1.82, 2.24) is 15.0 Å². The second-order valence-electron chi connectivity index (χ2n) is 5.97. The maximum absolute atomic E-state index is 9.07. The highest BCUT2D eigenvalue weighted by molar-refractivity contribution is 5.67. The lowest BCUT2D eigenvalue weighted by atomic mass is 10.2. The van der Waals surface area contributed by atoms with Crippen molar-refractivity contribution >= 4 is 17.5 Å². The van der Waals surface area contributed by atoms with E-state index in [0.29, 0.717) is 17.3 Å². The predicted octanol–water partition coefficient (Wildman–Crippen LogP) is 4.36. The minimum atomic E-state index is 0.262. The number of anilines is 3. The van der Waals surface area contributed by atoms with Crippen LogP contribution in [0.4, 0.5) is 17.5 Å². The van der Waals surface area contributed by atoms with Gasteiger partial charge in [-0.15, -0.1) is 0 Å². The van der Waals surface area contributed by atoms with Crippen LogP contribution in [0.25, 0.3) is 11.3 Å². The second kappa shape index (κ2) is 8.08. The third-order valence-corrected chi connectivity index (χ3v) is 3.95. The van der Waals surface area contributed by atoms with E-state index in [1.54, 1.807) is 24.5 Å². The standard InChI is InChI=1S/C20H20N6/c1-3-14(2)23-20-25-18(16-7-9-22-10-8-16)12-19(26-20)24-17-6-4-5-15(11-17)13-21/h4-12,14H,3H2,1-2H3,(H2,23,24,25,26)/t14-/m1/s1. The van der Waals surface area contributed by atoms with Gasteiger partial charge in [0.1, 0.15) is 5.82 Å². The van der Waals surface area contributed by atoms with Crippen molar-refractivity contribution in [3.63, 3.8) is 0 Å². The van der Waals surface area contributed by atoms with E-state index in [0.717, 1.165) is 23.4 Å². The first kappa shape index (κ1) is 17.4. The molecule has 0 amide bonds. The lowest BCUT2D eigenvalue weighted by molar-refractivity contribution is 0.753. The predicted molar refractivity (Wildman–Crippen MR) is 103 cm³/mol. The van der Waals surface area contributed by atoms with Gasteiger partial charge >= 0.3 is 0 Å². The van der Waals surface area contributed by atoms with E-state index in [9.17, 15) is 0 Å². The molecule has 130 valence electrons. The normalized spacial score (nSPS) is 11.4. The van der Waals surface area contributed by atoms with E-state index in [1.165, 1.54) is 0 Å². The summed E-state index contributed by atoms with van der Waals surface area (Å²) in [6, 6.07) is 15.4. The molecule has 0 radical (unpaired) electrons. The first-order chi connectivity index (χ1) is 12.7. The third kappa shape index (κ3) is 4.33. The van der Waals surface area contributed by atoms with Crippen molar-refractivity contribution in [1.29, 1.82) is 5.26 Å². The highest BCUT2D eigenvalue weighted by Gasteiger charge is 2.09. The Bertz CT molecular complexity index is 917. The van der Waals surface area contributed by atoms with E-state index in [2.05, 4.69) is 45.5 Å². The van der Waals surface area contributed by atoms with Crippen LogP contribution in [0.5, 0.6) is 0 Å². The molecule has 0 fully saturated rings. The SMILES string of the molecule is CC[C@@H](C)Nc1nc(Nc2cccc(C#N)c2)cc(-c2ccncc2)n1. The number of pyridine rings is 1. The van der Waals surface area contributed by atoms with Gasteiger partial charge in [0.25, 0.3) is 0 Å². The molecular formula is C20H20N6. The fraction of sp³-hybridized carbons (Fsp3) is 0.200. The van der Waals surface area contributed by atoms with E-state index < -0.39 is 0 Å². The van der Waals surface area contributed by atoms with Crippen LogP contribution in [0.15, 0.2) is 54.9 Å². The molecule has 2 heterocycles. The molecule has 6 heteroatoms. The van der Waals surface area contributed by atoms with Crippen LogP contribution in [0, 0.1) is 11.3 Å². The fourth-order valence-corrected chi connectivity index (χ4v) is 2.38. The molecule has 3 aromatic rings. The summed E-state index contributed by atoms with van der Waals surface area (Å²) in [6.07, 6.45) is 4.45. The van der Waals surface area contributed by atoms with Gasteiger partial charge in [0.2, 0.25) is 5.95 Å². The zero-order valence-corrected chi connectivity index (χ0v) is 14.8. The summed E-state index contributed by atoms with van der Waals surface area (Å²) in [7, 11) is 0. The maximum Gasteiger partial charge on any atom is 0.225 e. The van der Waals surface area contributed by atoms with Crippen molar-refractivity contribution in [3.05, 3.63) is 60.4 Å². The van der Waals surface area contributed by atoms with Gasteiger partial charge in [0.05, 0.1) is 17.3 Å². The average molecular weight is 344 g/mol. The molecule has 0 saturated carbocycles. The Labute approximate surface area is 153 Å². The quantitative estimate of drug-likeness (QED) is 0.691. The van der Waals surface area contributed by atoms with Crippen LogP contribution in [0.1, 0.15) is 25.8 Å². The second-order valence-corrected chi connectivity index (χ2v) is 5.97. The molecule has 0 saturated heterocycles. The molecule has 2 N–H and O–H groups in total. The van der Waals surface area contributed by atoms with Crippen LogP contribution in [-0.2, 0) is 0 Å². The highest BCUT2D eigenvalue weighted by Crippen LogP contribution is 2.24. The fourth-order valence-electron chi connectivity index (χ4n) is 2.38. The molecule has 26 heavy (non-hydrogen) atoms. The largest absolute Gasteiger partial charge is 0.352 e. The Balaban J connectivity index is 1.97. The molecule has 6 nitrogen and oxygen atoms in total. The van der Waals surface area contributed by atoms with Gasteiger partial charge in [0.15, 0.2) is 0 Å². The van der Waals surface area contributed by atoms with Gasteiger partial charge in [-0.3, -0.25) is 4.98 Å². The summed E-state index contributed by atoms with van der Waals surface area (Å²) in [5, 5.41) is 15.7. The van der Waals surface area contributed by atoms with Crippen LogP contribution in [-0.4, -0.2) is 21.0 Å². The van der Waals surface area contributed by atoms with Crippen molar-refractivity contribution in [3.8, 4) is 17.3 Å². The van der Waals surface area contributed by atoms with E-state index in [4.69, 9.17) is 5.26 Å². The first-order valence-electron chi connectivity index (χ1n) is 8.51. The molecule has 3 rings (SSSR count). The molecule has 0 aliphatic carbocycles. The zero-order valence-electron chi connectivity index (χ0n) is 14.8. The summed E-state index contributed by atoms with van der Waals surface area (Å²) < 4.78 is 0. The summed E-state index contributed by atoms with van der Waals surface area (Å²) in [6.45, 7) is 4.20. The van der Waals surface area contributed by atoms with Crippen LogP contribution >= 0.6 is 0 Å². The van der Waals surface area contributed by atoms with Crippen molar-refractivity contribution in [2.45, 2.75) is 26.3 Å². The molecular weight excluding hydrogens is 324 g/mol. The molecule has 0 spiro atoms. The average Bonchev–Trinajstić information content (AvgIpc) is 2.68. The van der Waals surface area contributed by atoms with Crippen LogP contribution in [0.2, 0.25) is 0 Å². The number of benzene rings is 1.